The highest BCUT2D eigenvalue weighted by Gasteiger charge is 2.26. The second-order valence-corrected chi connectivity index (χ2v) is 9.25. The van der Waals surface area contributed by atoms with Crippen molar-refractivity contribution in [1.82, 2.24) is 25.1 Å². The van der Waals surface area contributed by atoms with Crippen LogP contribution in [0.15, 0.2) is 37.1 Å². The largest absolute Gasteiger partial charge is 0.354 e. The summed E-state index contributed by atoms with van der Waals surface area (Å²) in [7, 11) is 0. The van der Waals surface area contributed by atoms with Crippen molar-refractivity contribution in [2.24, 2.45) is 0 Å². The van der Waals surface area contributed by atoms with Crippen LogP contribution < -0.4 is 10.2 Å². The zero-order valence-corrected chi connectivity index (χ0v) is 21.0. The van der Waals surface area contributed by atoms with E-state index in [1.807, 2.05) is 30.9 Å². The number of piperazine rings is 1. The summed E-state index contributed by atoms with van der Waals surface area (Å²) in [5.41, 5.74) is 2.85. The lowest BCUT2D eigenvalue weighted by molar-refractivity contribution is -0.126. The van der Waals surface area contributed by atoms with Gasteiger partial charge in [0.25, 0.3) is 0 Å². The molecule has 36 heavy (non-hydrogen) atoms. The van der Waals surface area contributed by atoms with Crippen LogP contribution in [-0.2, 0) is 4.79 Å². The lowest BCUT2D eigenvalue weighted by Gasteiger charge is -2.35. The van der Waals surface area contributed by atoms with E-state index in [2.05, 4.69) is 27.1 Å². The molecule has 2 aromatic carbocycles. The van der Waals surface area contributed by atoms with E-state index >= 15 is 4.39 Å². The average Bonchev–Trinajstić information content (AvgIpc) is 3.37. The summed E-state index contributed by atoms with van der Waals surface area (Å²) in [5, 5.41) is 11.9. The third kappa shape index (κ3) is 4.13. The standard InChI is InChI=1S/C26H27ClFN7O/c1-4-8-29-26-31-24-16(25(32-26)35-11-9-34(10-12-35)20(36)5-2)13-18(27)22(23(24)28)21-15(3)6-7-19-17(21)14-30-33-19/h5-7,13-14H,2,4,8-12H2,1,3H3,(H,30,33)(H,29,31,32). The number of aromatic nitrogens is 4. The molecular formula is C26H27ClFN7O. The fraction of sp³-hybridized carbons (Fsp3) is 0.308. The number of H-pyrrole nitrogens is 1. The van der Waals surface area contributed by atoms with Crippen LogP contribution in [0.25, 0.3) is 32.9 Å². The Labute approximate surface area is 213 Å². The fourth-order valence-electron chi connectivity index (χ4n) is 4.69. The van der Waals surface area contributed by atoms with Crippen molar-refractivity contribution in [3.63, 3.8) is 0 Å². The van der Waals surface area contributed by atoms with Crippen molar-refractivity contribution < 1.29 is 9.18 Å². The highest BCUT2D eigenvalue weighted by Crippen LogP contribution is 2.42. The van der Waals surface area contributed by atoms with E-state index in [-0.39, 0.29) is 16.4 Å². The molecule has 0 bridgehead atoms. The number of fused-ring (bicyclic) bond motifs is 2. The number of nitrogens with one attached hydrogen (secondary N) is 2. The predicted molar refractivity (Wildman–Crippen MR) is 142 cm³/mol. The molecule has 2 N–H and O–H groups in total. The van der Waals surface area contributed by atoms with E-state index in [0.29, 0.717) is 61.0 Å². The lowest BCUT2D eigenvalue weighted by Crippen LogP contribution is -2.48. The quantitative estimate of drug-likeness (QED) is 0.360. The molecule has 1 saturated heterocycles. The van der Waals surface area contributed by atoms with Gasteiger partial charge in [-0.25, -0.2) is 9.37 Å². The molecule has 5 rings (SSSR count). The maximum absolute atomic E-state index is 16.4. The molecule has 1 aliphatic rings. The van der Waals surface area contributed by atoms with Gasteiger partial charge in [0.05, 0.1) is 16.7 Å². The second kappa shape index (κ2) is 9.73. The van der Waals surface area contributed by atoms with Gasteiger partial charge < -0.3 is 15.1 Å². The fourth-order valence-corrected chi connectivity index (χ4v) is 4.98. The Morgan fingerprint density at radius 2 is 2.00 bits per heavy atom. The number of carbonyl (C=O) groups excluding carboxylic acids is 1. The summed E-state index contributed by atoms with van der Waals surface area (Å²) in [4.78, 5) is 25.1. The minimum Gasteiger partial charge on any atom is -0.354 e. The van der Waals surface area contributed by atoms with Gasteiger partial charge in [0.2, 0.25) is 11.9 Å². The van der Waals surface area contributed by atoms with Crippen molar-refractivity contribution in [2.45, 2.75) is 20.3 Å². The number of aryl methyl sites for hydroxylation is 1. The van der Waals surface area contributed by atoms with Crippen LogP contribution in [0.4, 0.5) is 16.2 Å². The Morgan fingerprint density at radius 3 is 2.72 bits per heavy atom. The third-order valence-corrected chi connectivity index (χ3v) is 6.84. The maximum atomic E-state index is 16.4. The van der Waals surface area contributed by atoms with Crippen LogP contribution in [0, 0.1) is 12.7 Å². The molecule has 3 heterocycles. The zero-order chi connectivity index (χ0) is 25.4. The second-order valence-electron chi connectivity index (χ2n) is 8.85. The normalized spacial score (nSPS) is 14.0. The Hall–Kier alpha value is -3.72. The molecule has 10 heteroatoms. The molecule has 8 nitrogen and oxygen atoms in total. The molecule has 1 aliphatic heterocycles. The first-order valence-corrected chi connectivity index (χ1v) is 12.3. The Morgan fingerprint density at radius 1 is 1.22 bits per heavy atom. The topological polar surface area (TPSA) is 90.0 Å². The molecular weight excluding hydrogens is 481 g/mol. The molecule has 1 amide bonds. The Balaban J connectivity index is 1.67. The summed E-state index contributed by atoms with van der Waals surface area (Å²) < 4.78 is 16.4. The molecule has 1 fully saturated rings. The van der Waals surface area contributed by atoms with Gasteiger partial charge in [-0.1, -0.05) is 31.2 Å². The van der Waals surface area contributed by atoms with E-state index in [4.69, 9.17) is 16.6 Å². The van der Waals surface area contributed by atoms with Gasteiger partial charge in [0.15, 0.2) is 5.82 Å². The predicted octanol–water partition coefficient (Wildman–Crippen LogP) is 4.93. The van der Waals surface area contributed by atoms with Crippen molar-refractivity contribution in [2.75, 3.05) is 42.9 Å². The minimum atomic E-state index is -0.502. The summed E-state index contributed by atoms with van der Waals surface area (Å²) in [6.45, 7) is 10.3. The van der Waals surface area contributed by atoms with E-state index in [1.54, 1.807) is 17.2 Å². The van der Waals surface area contributed by atoms with Gasteiger partial charge in [-0.2, -0.15) is 10.1 Å². The van der Waals surface area contributed by atoms with Gasteiger partial charge in [-0.15, -0.1) is 0 Å². The van der Waals surface area contributed by atoms with Crippen LogP contribution in [0.2, 0.25) is 5.02 Å². The number of anilines is 2. The van der Waals surface area contributed by atoms with Crippen LogP contribution in [-0.4, -0.2) is 63.7 Å². The van der Waals surface area contributed by atoms with Gasteiger partial charge in [0, 0.05) is 54.6 Å². The molecule has 0 atom stereocenters. The van der Waals surface area contributed by atoms with Crippen LogP contribution >= 0.6 is 11.6 Å². The van der Waals surface area contributed by atoms with Crippen molar-refractivity contribution in [3.8, 4) is 11.1 Å². The van der Waals surface area contributed by atoms with Crippen LogP contribution in [0.5, 0.6) is 0 Å². The first-order chi connectivity index (χ1) is 17.4. The number of carbonyl (C=O) groups is 1. The summed E-state index contributed by atoms with van der Waals surface area (Å²) in [6, 6.07) is 5.57. The van der Waals surface area contributed by atoms with Gasteiger partial charge >= 0.3 is 0 Å². The number of nitrogens with zero attached hydrogens (tertiary/aromatic N) is 5. The Kier molecular flexibility index (Phi) is 6.49. The van der Waals surface area contributed by atoms with E-state index < -0.39 is 5.82 Å². The number of rotatable bonds is 6. The van der Waals surface area contributed by atoms with Gasteiger partial charge in [0.1, 0.15) is 11.3 Å². The summed E-state index contributed by atoms with van der Waals surface area (Å²) in [5.74, 6) is 0.345. The molecule has 4 aromatic rings. The highest BCUT2D eigenvalue weighted by atomic mass is 35.5. The molecule has 0 aliphatic carbocycles. The molecule has 0 unspecified atom stereocenters. The number of halogens is 2. The number of aromatic amines is 1. The Bertz CT molecular complexity index is 1480. The number of amides is 1. The van der Waals surface area contributed by atoms with Crippen molar-refractivity contribution in [1.29, 1.82) is 0 Å². The lowest BCUT2D eigenvalue weighted by atomic mass is 9.95. The minimum absolute atomic E-state index is 0.102. The third-order valence-electron chi connectivity index (χ3n) is 6.54. The molecule has 186 valence electrons. The highest BCUT2D eigenvalue weighted by molar-refractivity contribution is 6.35. The van der Waals surface area contributed by atoms with E-state index in [1.165, 1.54) is 6.08 Å². The number of hydrogen-bond donors (Lipinski definition) is 2. The summed E-state index contributed by atoms with van der Waals surface area (Å²) in [6.07, 6.45) is 3.87. The first kappa shape index (κ1) is 24.0. The monoisotopic (exact) mass is 507 g/mol. The van der Waals surface area contributed by atoms with Gasteiger partial charge in [-0.05, 0) is 37.1 Å². The summed E-state index contributed by atoms with van der Waals surface area (Å²) >= 11 is 6.78. The van der Waals surface area contributed by atoms with E-state index in [9.17, 15) is 4.79 Å². The molecule has 0 radical (unpaired) electrons. The first-order valence-electron chi connectivity index (χ1n) is 12.0. The smallest absolute Gasteiger partial charge is 0.246 e. The van der Waals surface area contributed by atoms with Crippen molar-refractivity contribution in [3.05, 3.63) is 53.5 Å². The average molecular weight is 508 g/mol. The maximum Gasteiger partial charge on any atom is 0.246 e. The number of hydrogen-bond acceptors (Lipinski definition) is 6. The van der Waals surface area contributed by atoms with Crippen LogP contribution in [0.3, 0.4) is 0 Å². The van der Waals surface area contributed by atoms with Gasteiger partial charge in [-0.3, -0.25) is 9.89 Å². The van der Waals surface area contributed by atoms with Crippen LogP contribution in [0.1, 0.15) is 18.9 Å². The van der Waals surface area contributed by atoms with E-state index in [0.717, 1.165) is 22.9 Å². The SMILES string of the molecule is C=CC(=O)N1CCN(c2nc(NCCC)nc3c(F)c(-c4c(C)ccc5[nH]ncc45)c(Cl)cc23)CC1. The van der Waals surface area contributed by atoms with Crippen molar-refractivity contribution >= 4 is 51.1 Å². The molecule has 0 spiro atoms. The molecule has 0 saturated carbocycles. The number of benzene rings is 2. The zero-order valence-electron chi connectivity index (χ0n) is 20.2. The molecule has 2 aromatic heterocycles.